The van der Waals surface area contributed by atoms with E-state index in [4.69, 9.17) is 0 Å². The second-order valence-corrected chi connectivity index (χ2v) is 6.93. The van der Waals surface area contributed by atoms with Crippen LogP contribution in [0.5, 0.6) is 0 Å². The van der Waals surface area contributed by atoms with Crippen molar-refractivity contribution in [3.05, 3.63) is 68.1 Å². The maximum Gasteiger partial charge on any atom is 0.253 e. The largest absolute Gasteiger partial charge is 0.333 e. The molecule has 3 rings (SSSR count). The molecule has 1 N–H and O–H groups in total. The first-order valence-electron chi connectivity index (χ1n) is 7.99. The molecule has 124 valence electrons. The molecule has 0 atom stereocenters. The van der Waals surface area contributed by atoms with Gasteiger partial charge in [-0.25, -0.2) is 0 Å². The number of nitrogens with zero attached hydrogens (tertiary/aromatic N) is 1. The number of rotatable bonds is 5. The molecular formula is C19H20N2O2S. The van der Waals surface area contributed by atoms with Crippen LogP contribution in [-0.4, -0.2) is 15.8 Å². The topological polar surface area (TPSA) is 53.2 Å². The van der Waals surface area contributed by atoms with Crippen molar-refractivity contribution in [1.29, 1.82) is 0 Å². The normalized spacial score (nSPS) is 10.9. The number of aromatic nitrogens is 1. The smallest absolute Gasteiger partial charge is 0.253 e. The van der Waals surface area contributed by atoms with Crippen molar-refractivity contribution in [2.75, 3.05) is 0 Å². The quantitative estimate of drug-likeness (QED) is 0.767. The van der Waals surface area contributed by atoms with Gasteiger partial charge < -0.3 is 9.88 Å². The standard InChI is InChI=1S/C19H20N2O2S/c1-3-18(22)21(12-16-5-4-8-24-16)11-15-10-14-9-13(2)6-7-17(14)20-19(15)23/h4-10H,3,11-12H2,1-2H3,(H,20,23). The molecular weight excluding hydrogens is 320 g/mol. The van der Waals surface area contributed by atoms with Crippen LogP contribution in [0.4, 0.5) is 0 Å². The van der Waals surface area contributed by atoms with Gasteiger partial charge in [-0.2, -0.15) is 0 Å². The molecule has 3 aromatic rings. The van der Waals surface area contributed by atoms with Crippen molar-refractivity contribution in [3.8, 4) is 0 Å². The van der Waals surface area contributed by atoms with E-state index in [2.05, 4.69) is 4.98 Å². The summed E-state index contributed by atoms with van der Waals surface area (Å²) in [7, 11) is 0. The summed E-state index contributed by atoms with van der Waals surface area (Å²) in [6.07, 6.45) is 0.427. The van der Waals surface area contributed by atoms with Gasteiger partial charge in [0.2, 0.25) is 5.91 Å². The lowest BCUT2D eigenvalue weighted by atomic mass is 10.1. The number of pyridine rings is 1. The monoisotopic (exact) mass is 340 g/mol. The van der Waals surface area contributed by atoms with Gasteiger partial charge >= 0.3 is 0 Å². The Morgan fingerprint density at radius 3 is 2.75 bits per heavy atom. The van der Waals surface area contributed by atoms with Gasteiger partial charge in [-0.1, -0.05) is 24.6 Å². The van der Waals surface area contributed by atoms with Crippen molar-refractivity contribution in [1.82, 2.24) is 9.88 Å². The van der Waals surface area contributed by atoms with E-state index >= 15 is 0 Å². The number of aryl methyl sites for hydroxylation is 1. The van der Waals surface area contributed by atoms with Crippen LogP contribution >= 0.6 is 11.3 Å². The molecule has 2 heterocycles. The van der Waals surface area contributed by atoms with E-state index in [0.29, 0.717) is 25.1 Å². The third-order valence-corrected chi connectivity index (χ3v) is 4.88. The number of nitrogens with one attached hydrogen (secondary N) is 1. The lowest BCUT2D eigenvalue weighted by Gasteiger charge is -2.21. The van der Waals surface area contributed by atoms with E-state index < -0.39 is 0 Å². The highest BCUT2D eigenvalue weighted by Gasteiger charge is 2.15. The molecule has 0 bridgehead atoms. The Hall–Kier alpha value is -2.40. The summed E-state index contributed by atoms with van der Waals surface area (Å²) in [6, 6.07) is 11.8. The van der Waals surface area contributed by atoms with Crippen LogP contribution in [0.15, 0.2) is 46.6 Å². The number of carbonyl (C=O) groups is 1. The van der Waals surface area contributed by atoms with Crippen molar-refractivity contribution < 1.29 is 4.79 Å². The predicted octanol–water partition coefficient (Wildman–Crippen LogP) is 3.84. The fourth-order valence-corrected chi connectivity index (χ4v) is 3.46. The number of hydrogen-bond acceptors (Lipinski definition) is 3. The Kier molecular flexibility index (Phi) is 4.81. The Labute approximate surface area is 144 Å². The summed E-state index contributed by atoms with van der Waals surface area (Å²) in [4.78, 5) is 30.4. The van der Waals surface area contributed by atoms with E-state index in [1.165, 1.54) is 0 Å². The van der Waals surface area contributed by atoms with E-state index in [1.807, 2.05) is 55.6 Å². The van der Waals surface area contributed by atoms with Gasteiger partial charge in [0.1, 0.15) is 0 Å². The third-order valence-electron chi connectivity index (χ3n) is 4.02. The fourth-order valence-electron chi connectivity index (χ4n) is 2.74. The maximum atomic E-state index is 12.4. The van der Waals surface area contributed by atoms with Crippen LogP contribution in [0.1, 0.15) is 29.3 Å². The van der Waals surface area contributed by atoms with Crippen LogP contribution in [-0.2, 0) is 17.9 Å². The molecule has 2 aromatic heterocycles. The molecule has 4 nitrogen and oxygen atoms in total. The highest BCUT2D eigenvalue weighted by atomic mass is 32.1. The van der Waals surface area contributed by atoms with Crippen LogP contribution in [0.3, 0.4) is 0 Å². The average molecular weight is 340 g/mol. The third kappa shape index (κ3) is 3.57. The van der Waals surface area contributed by atoms with Crippen LogP contribution < -0.4 is 5.56 Å². The zero-order valence-electron chi connectivity index (χ0n) is 13.8. The molecule has 0 unspecified atom stereocenters. The number of amides is 1. The maximum absolute atomic E-state index is 12.4. The van der Waals surface area contributed by atoms with Crippen LogP contribution in [0, 0.1) is 6.92 Å². The number of H-pyrrole nitrogens is 1. The Bertz CT molecular complexity index is 913. The molecule has 0 saturated carbocycles. The zero-order chi connectivity index (χ0) is 17.1. The minimum absolute atomic E-state index is 0.0483. The summed E-state index contributed by atoms with van der Waals surface area (Å²) in [6.45, 7) is 4.73. The highest BCUT2D eigenvalue weighted by Crippen LogP contribution is 2.17. The van der Waals surface area contributed by atoms with Crippen molar-refractivity contribution >= 4 is 28.1 Å². The first-order chi connectivity index (χ1) is 11.6. The van der Waals surface area contributed by atoms with Gasteiger partial charge in [0.15, 0.2) is 0 Å². The van der Waals surface area contributed by atoms with Crippen LogP contribution in [0.25, 0.3) is 10.9 Å². The average Bonchev–Trinajstić information content (AvgIpc) is 3.07. The molecule has 0 aliphatic rings. The highest BCUT2D eigenvalue weighted by molar-refractivity contribution is 7.09. The Morgan fingerprint density at radius 1 is 1.21 bits per heavy atom. The number of carbonyl (C=O) groups excluding carboxylic acids is 1. The summed E-state index contributed by atoms with van der Waals surface area (Å²) >= 11 is 1.62. The molecule has 0 aliphatic heterocycles. The second kappa shape index (κ2) is 7.01. The number of aromatic amines is 1. The SMILES string of the molecule is CCC(=O)N(Cc1cccs1)Cc1cc2cc(C)ccc2[nH]c1=O. The van der Waals surface area contributed by atoms with E-state index in [0.717, 1.165) is 21.3 Å². The van der Waals surface area contributed by atoms with E-state index in [-0.39, 0.29) is 11.5 Å². The molecule has 0 saturated heterocycles. The molecule has 0 fully saturated rings. The number of benzene rings is 1. The van der Waals surface area contributed by atoms with Gasteiger partial charge in [-0.05, 0) is 42.0 Å². The minimum Gasteiger partial charge on any atom is -0.333 e. The van der Waals surface area contributed by atoms with Crippen LogP contribution in [0.2, 0.25) is 0 Å². The molecule has 0 aliphatic carbocycles. The van der Waals surface area contributed by atoms with Gasteiger partial charge in [0.25, 0.3) is 5.56 Å². The fraction of sp³-hybridized carbons (Fsp3) is 0.263. The predicted molar refractivity (Wildman–Crippen MR) is 98.2 cm³/mol. The second-order valence-electron chi connectivity index (χ2n) is 5.90. The Morgan fingerprint density at radius 2 is 2.04 bits per heavy atom. The molecule has 24 heavy (non-hydrogen) atoms. The van der Waals surface area contributed by atoms with E-state index in [1.54, 1.807) is 16.2 Å². The lowest BCUT2D eigenvalue weighted by molar-refractivity contribution is -0.132. The summed E-state index contributed by atoms with van der Waals surface area (Å²) in [5.41, 5.74) is 2.44. The number of fused-ring (bicyclic) bond motifs is 1. The first-order valence-corrected chi connectivity index (χ1v) is 8.87. The molecule has 1 amide bonds. The van der Waals surface area contributed by atoms with Crippen molar-refractivity contribution in [3.63, 3.8) is 0 Å². The van der Waals surface area contributed by atoms with Gasteiger partial charge in [-0.15, -0.1) is 11.3 Å². The molecule has 5 heteroatoms. The summed E-state index contributed by atoms with van der Waals surface area (Å²) in [5, 5.41) is 2.99. The summed E-state index contributed by atoms with van der Waals surface area (Å²) in [5.74, 6) is 0.0483. The Balaban J connectivity index is 1.93. The minimum atomic E-state index is -0.133. The number of thiophene rings is 1. The molecule has 0 spiro atoms. The lowest BCUT2D eigenvalue weighted by Crippen LogP contribution is -2.31. The van der Waals surface area contributed by atoms with Crippen molar-refractivity contribution in [2.24, 2.45) is 0 Å². The summed E-state index contributed by atoms with van der Waals surface area (Å²) < 4.78 is 0. The van der Waals surface area contributed by atoms with Crippen molar-refractivity contribution in [2.45, 2.75) is 33.4 Å². The molecule has 0 radical (unpaired) electrons. The first kappa shape index (κ1) is 16.5. The number of hydrogen-bond donors (Lipinski definition) is 1. The van der Waals surface area contributed by atoms with Gasteiger partial charge in [0.05, 0.1) is 13.1 Å². The zero-order valence-corrected chi connectivity index (χ0v) is 14.7. The van der Waals surface area contributed by atoms with E-state index in [9.17, 15) is 9.59 Å². The van der Waals surface area contributed by atoms with Gasteiger partial charge in [0, 0.05) is 22.4 Å². The van der Waals surface area contributed by atoms with Gasteiger partial charge in [-0.3, -0.25) is 9.59 Å². The molecule has 1 aromatic carbocycles.